The molecule has 35 heavy (non-hydrogen) atoms. The molecule has 3 rings (SSSR count). The molecule has 0 aliphatic heterocycles. The van der Waals surface area contributed by atoms with Gasteiger partial charge in [-0.1, -0.05) is 53.5 Å². The van der Waals surface area contributed by atoms with E-state index < -0.39 is 36.4 Å². The van der Waals surface area contributed by atoms with Crippen molar-refractivity contribution in [3.05, 3.63) is 81.6 Å². The number of benzene rings is 3. The molecule has 12 heteroatoms. The fourth-order valence-corrected chi connectivity index (χ4v) is 3.84. The lowest BCUT2D eigenvalue weighted by Gasteiger charge is -2.16. The van der Waals surface area contributed by atoms with Gasteiger partial charge in [-0.2, -0.15) is 0 Å². The normalized spacial score (nSPS) is 11.1. The van der Waals surface area contributed by atoms with Crippen LogP contribution in [0, 0.1) is 5.82 Å². The first-order valence-electron chi connectivity index (χ1n) is 9.81. The van der Waals surface area contributed by atoms with Crippen LogP contribution in [-0.4, -0.2) is 23.5 Å². The predicted octanol–water partition coefficient (Wildman–Crippen LogP) is 6.65. The van der Waals surface area contributed by atoms with Crippen molar-refractivity contribution in [2.24, 2.45) is 0 Å². The topological polar surface area (TPSA) is 87.7 Å². The van der Waals surface area contributed by atoms with Gasteiger partial charge in [0.1, 0.15) is 11.6 Å². The van der Waals surface area contributed by atoms with Gasteiger partial charge in [-0.3, -0.25) is 4.79 Å². The van der Waals surface area contributed by atoms with E-state index in [4.69, 9.17) is 28.3 Å². The Morgan fingerprint density at radius 3 is 2.26 bits per heavy atom. The van der Waals surface area contributed by atoms with Crippen LogP contribution < -0.4 is 15.4 Å². The van der Waals surface area contributed by atoms with E-state index in [-0.39, 0.29) is 39.0 Å². The summed E-state index contributed by atoms with van der Waals surface area (Å²) in [4.78, 5) is 23.0. The third-order valence-electron chi connectivity index (χ3n) is 4.59. The Morgan fingerprint density at radius 2 is 1.66 bits per heavy atom. The van der Waals surface area contributed by atoms with Gasteiger partial charge in [0.05, 0.1) is 16.5 Å². The number of para-hydroxylation sites is 1. The molecule has 184 valence electrons. The van der Waals surface area contributed by atoms with Crippen molar-refractivity contribution in [1.29, 1.82) is 0 Å². The van der Waals surface area contributed by atoms with Crippen molar-refractivity contribution >= 4 is 40.9 Å². The third kappa shape index (κ3) is 7.24. The molecular formula is C23H16Cl2F4N2O4. The zero-order valence-electron chi connectivity index (χ0n) is 17.6. The van der Waals surface area contributed by atoms with E-state index >= 15 is 0 Å². The quantitative estimate of drug-likeness (QED) is 0.298. The molecule has 0 aromatic heterocycles. The highest BCUT2D eigenvalue weighted by molar-refractivity contribution is 6.40. The van der Waals surface area contributed by atoms with Crippen LogP contribution in [0.2, 0.25) is 10.0 Å². The van der Waals surface area contributed by atoms with Crippen LogP contribution in [-0.2, 0) is 17.8 Å². The molecule has 0 aliphatic rings. The Morgan fingerprint density at radius 1 is 1.00 bits per heavy atom. The van der Waals surface area contributed by atoms with Crippen molar-refractivity contribution in [1.82, 2.24) is 5.32 Å². The number of alkyl halides is 3. The van der Waals surface area contributed by atoms with Crippen LogP contribution >= 0.6 is 23.2 Å². The fraction of sp³-hybridized carbons (Fsp3) is 0.130. The molecule has 3 aromatic rings. The number of amides is 2. The number of carboxylic acid groups (broad SMARTS) is 1. The lowest BCUT2D eigenvalue weighted by atomic mass is 10.0. The van der Waals surface area contributed by atoms with E-state index in [0.717, 1.165) is 12.1 Å². The van der Waals surface area contributed by atoms with E-state index in [1.54, 1.807) is 0 Å². The summed E-state index contributed by atoms with van der Waals surface area (Å²) in [6.45, 7) is -0.0716. The minimum atomic E-state index is -4.92. The maximum atomic E-state index is 14.0. The Labute approximate surface area is 206 Å². The number of carbonyl (C=O) groups is 2. The van der Waals surface area contributed by atoms with Gasteiger partial charge in [0.2, 0.25) is 0 Å². The Balaban J connectivity index is 1.71. The maximum Gasteiger partial charge on any atom is 0.573 e. The van der Waals surface area contributed by atoms with Crippen LogP contribution in [0.5, 0.6) is 5.75 Å². The summed E-state index contributed by atoms with van der Waals surface area (Å²) in [5.41, 5.74) is 0.635. The molecular weight excluding hydrogens is 515 g/mol. The Kier molecular flexibility index (Phi) is 8.08. The first-order chi connectivity index (χ1) is 16.4. The molecule has 3 N–H and O–H groups in total. The molecule has 0 bridgehead atoms. The molecule has 3 aromatic carbocycles. The van der Waals surface area contributed by atoms with E-state index in [2.05, 4.69) is 15.4 Å². The Hall–Kier alpha value is -3.50. The molecule has 0 radical (unpaired) electrons. The molecule has 0 saturated carbocycles. The fourth-order valence-electron chi connectivity index (χ4n) is 3.15. The average Bonchev–Trinajstić information content (AvgIpc) is 2.73. The summed E-state index contributed by atoms with van der Waals surface area (Å²) < 4.78 is 56.3. The molecule has 6 nitrogen and oxygen atoms in total. The predicted molar refractivity (Wildman–Crippen MR) is 122 cm³/mol. The van der Waals surface area contributed by atoms with E-state index in [0.29, 0.717) is 5.56 Å². The van der Waals surface area contributed by atoms with Gasteiger partial charge in [-0.15, -0.1) is 13.2 Å². The van der Waals surface area contributed by atoms with E-state index in [1.807, 2.05) is 0 Å². The summed E-state index contributed by atoms with van der Waals surface area (Å²) in [5, 5.41) is 13.6. The summed E-state index contributed by atoms with van der Waals surface area (Å²) in [7, 11) is 0. The minimum absolute atomic E-state index is 0.00389. The van der Waals surface area contributed by atoms with Gasteiger partial charge in [0, 0.05) is 23.4 Å². The second kappa shape index (κ2) is 10.8. The van der Waals surface area contributed by atoms with Crippen LogP contribution in [0.4, 0.5) is 28.0 Å². The van der Waals surface area contributed by atoms with Crippen LogP contribution in [0.3, 0.4) is 0 Å². The highest BCUT2D eigenvalue weighted by Crippen LogP contribution is 2.42. The number of aliphatic carboxylic acids is 1. The van der Waals surface area contributed by atoms with Gasteiger partial charge in [-0.05, 0) is 35.4 Å². The summed E-state index contributed by atoms with van der Waals surface area (Å²) in [5.74, 6) is -2.38. The molecule has 0 heterocycles. The van der Waals surface area contributed by atoms with Crippen molar-refractivity contribution in [3.63, 3.8) is 0 Å². The van der Waals surface area contributed by atoms with Crippen LogP contribution in [0.15, 0.2) is 54.6 Å². The van der Waals surface area contributed by atoms with Gasteiger partial charge in [0.15, 0.2) is 0 Å². The summed E-state index contributed by atoms with van der Waals surface area (Å²) in [6.07, 6.45) is -5.39. The summed E-state index contributed by atoms with van der Waals surface area (Å²) in [6, 6.07) is 11.1. The number of ether oxygens (including phenoxy) is 1. The van der Waals surface area contributed by atoms with Crippen molar-refractivity contribution in [3.8, 4) is 16.9 Å². The molecule has 0 aliphatic carbocycles. The van der Waals surface area contributed by atoms with Crippen LogP contribution in [0.1, 0.15) is 11.1 Å². The monoisotopic (exact) mass is 530 g/mol. The molecule has 0 fully saturated rings. The number of hydrogen-bond donors (Lipinski definition) is 3. The van der Waals surface area contributed by atoms with Crippen molar-refractivity contribution in [2.45, 2.75) is 19.3 Å². The van der Waals surface area contributed by atoms with Crippen LogP contribution in [0.25, 0.3) is 11.1 Å². The highest BCUT2D eigenvalue weighted by atomic mass is 35.5. The number of urea groups is 1. The number of carbonyl (C=O) groups excluding carboxylic acids is 1. The van der Waals surface area contributed by atoms with Gasteiger partial charge in [0.25, 0.3) is 0 Å². The number of anilines is 1. The largest absolute Gasteiger partial charge is 0.573 e. The van der Waals surface area contributed by atoms with Gasteiger partial charge < -0.3 is 20.5 Å². The number of nitrogens with one attached hydrogen (secondary N) is 2. The minimum Gasteiger partial charge on any atom is -0.481 e. The standard InChI is InChI=1S/C23H16Cl2F4N2O4/c24-16-9-14(10-17(25)21(16)15-3-1-2-4-19(15)35-23(27,28)29)31-22(34)30-11-12-5-6-13(8-20(32)33)18(26)7-12/h1-7,9-10H,8,11H2,(H,32,33)(H2,30,31,34). The zero-order chi connectivity index (χ0) is 25.8. The molecule has 0 saturated heterocycles. The number of hydrogen-bond acceptors (Lipinski definition) is 3. The number of carboxylic acids is 1. The Bertz CT molecular complexity index is 1250. The number of halogens is 6. The van der Waals surface area contributed by atoms with Crippen molar-refractivity contribution < 1.29 is 37.0 Å². The number of rotatable bonds is 7. The van der Waals surface area contributed by atoms with E-state index in [1.165, 1.54) is 42.5 Å². The molecule has 0 atom stereocenters. The van der Waals surface area contributed by atoms with Crippen molar-refractivity contribution in [2.75, 3.05) is 5.32 Å². The lowest BCUT2D eigenvalue weighted by molar-refractivity contribution is -0.274. The van der Waals surface area contributed by atoms with E-state index in [9.17, 15) is 27.2 Å². The summed E-state index contributed by atoms with van der Waals surface area (Å²) >= 11 is 12.5. The smallest absolute Gasteiger partial charge is 0.481 e. The van der Waals surface area contributed by atoms with Gasteiger partial charge in [-0.25, -0.2) is 9.18 Å². The average molecular weight is 531 g/mol. The molecule has 2 amide bonds. The zero-order valence-corrected chi connectivity index (χ0v) is 19.1. The third-order valence-corrected chi connectivity index (χ3v) is 5.19. The first-order valence-corrected chi connectivity index (χ1v) is 10.6. The van der Waals surface area contributed by atoms with Gasteiger partial charge >= 0.3 is 18.4 Å². The second-order valence-electron chi connectivity index (χ2n) is 7.16. The molecule has 0 unspecified atom stereocenters. The maximum absolute atomic E-state index is 14.0. The first kappa shape index (κ1) is 26.1. The highest BCUT2D eigenvalue weighted by Gasteiger charge is 2.32. The second-order valence-corrected chi connectivity index (χ2v) is 7.98. The molecule has 0 spiro atoms. The SMILES string of the molecule is O=C(O)Cc1ccc(CNC(=O)Nc2cc(Cl)c(-c3ccccc3OC(F)(F)F)c(Cl)c2)cc1F. The lowest BCUT2D eigenvalue weighted by Crippen LogP contribution is -2.28.